The highest BCUT2D eigenvalue weighted by Crippen LogP contribution is 2.34. The summed E-state index contributed by atoms with van der Waals surface area (Å²) in [6, 6.07) is 11.7. The second-order valence-electron chi connectivity index (χ2n) is 7.00. The van der Waals surface area contributed by atoms with Crippen molar-refractivity contribution in [2.75, 3.05) is 11.9 Å². The summed E-state index contributed by atoms with van der Waals surface area (Å²) < 4.78 is 83.9. The Kier molecular flexibility index (Phi) is 8.74. The zero-order chi connectivity index (χ0) is 26.4. The standard InChI is InChI=1S/C20H17F4N3O.C2HF3O2/c1-12-18(14-7-8-15(16(21)9-14)20(22,23)24)26-11-27-19(12)25-10-17(28)13-5-3-2-4-6-13;3-2(4,5)1(6)7/h2-9,11,17,28H,10H2,1H3,(H,25,26,27);(H,6,7)/t17-;/m0./s1. The van der Waals surface area contributed by atoms with Crippen molar-refractivity contribution in [2.45, 2.75) is 25.4 Å². The molecule has 2 aromatic carbocycles. The number of anilines is 1. The summed E-state index contributed by atoms with van der Waals surface area (Å²) in [6.45, 7) is 1.84. The minimum Gasteiger partial charge on any atom is -0.475 e. The van der Waals surface area contributed by atoms with Crippen LogP contribution in [0.5, 0.6) is 0 Å². The summed E-state index contributed by atoms with van der Waals surface area (Å²) in [4.78, 5) is 17.1. The Hall–Kier alpha value is -3.74. The summed E-state index contributed by atoms with van der Waals surface area (Å²) in [5, 5.41) is 20.4. The molecule has 1 atom stereocenters. The number of alkyl halides is 6. The molecule has 35 heavy (non-hydrogen) atoms. The number of aliphatic carboxylic acids is 1. The maximum atomic E-state index is 13.9. The van der Waals surface area contributed by atoms with E-state index >= 15 is 0 Å². The zero-order valence-electron chi connectivity index (χ0n) is 17.8. The molecule has 0 aliphatic heterocycles. The number of carbonyl (C=O) groups is 1. The number of aliphatic hydroxyl groups is 1. The van der Waals surface area contributed by atoms with E-state index in [1.165, 1.54) is 12.4 Å². The lowest BCUT2D eigenvalue weighted by molar-refractivity contribution is -0.192. The molecule has 0 saturated carbocycles. The fourth-order valence-electron chi connectivity index (χ4n) is 2.80. The van der Waals surface area contributed by atoms with Gasteiger partial charge in [0, 0.05) is 17.7 Å². The lowest BCUT2D eigenvalue weighted by Gasteiger charge is -2.15. The molecule has 1 aromatic heterocycles. The van der Waals surface area contributed by atoms with Crippen LogP contribution in [0.25, 0.3) is 11.3 Å². The monoisotopic (exact) mass is 505 g/mol. The first-order chi connectivity index (χ1) is 16.2. The lowest BCUT2D eigenvalue weighted by Crippen LogP contribution is -2.21. The number of hydrogen-bond acceptors (Lipinski definition) is 5. The van der Waals surface area contributed by atoms with E-state index in [0.29, 0.717) is 23.1 Å². The molecule has 0 radical (unpaired) electrons. The fourth-order valence-corrected chi connectivity index (χ4v) is 2.80. The van der Waals surface area contributed by atoms with Gasteiger partial charge in [-0.3, -0.25) is 0 Å². The molecule has 0 amide bonds. The molecule has 0 aliphatic carbocycles. The zero-order valence-corrected chi connectivity index (χ0v) is 17.8. The molecular formula is C22H18F7N3O3. The smallest absolute Gasteiger partial charge is 0.475 e. The number of halogens is 7. The molecule has 0 spiro atoms. The van der Waals surface area contributed by atoms with Crippen LogP contribution in [0.1, 0.15) is 22.8 Å². The summed E-state index contributed by atoms with van der Waals surface area (Å²) in [5.41, 5.74) is 0.442. The quantitative estimate of drug-likeness (QED) is 0.403. The Morgan fingerprint density at radius 2 is 1.63 bits per heavy atom. The molecule has 3 rings (SSSR count). The number of rotatable bonds is 5. The molecule has 0 fully saturated rings. The molecule has 3 N–H and O–H groups in total. The van der Waals surface area contributed by atoms with Crippen LogP contribution < -0.4 is 5.32 Å². The van der Waals surface area contributed by atoms with Crippen LogP contribution in [0.3, 0.4) is 0 Å². The Labute approximate surface area is 194 Å². The lowest BCUT2D eigenvalue weighted by atomic mass is 10.0. The predicted octanol–water partition coefficient (Wildman–Crippen LogP) is 5.39. The number of aromatic nitrogens is 2. The maximum Gasteiger partial charge on any atom is 0.490 e. The van der Waals surface area contributed by atoms with Gasteiger partial charge in [-0.25, -0.2) is 19.2 Å². The SMILES string of the molecule is Cc1c(NC[C@H](O)c2ccccc2)ncnc1-c1ccc(C(F)(F)F)c(F)c1.O=C(O)C(F)(F)F. The molecule has 1 heterocycles. The van der Waals surface area contributed by atoms with E-state index in [2.05, 4.69) is 15.3 Å². The highest BCUT2D eigenvalue weighted by atomic mass is 19.4. The number of carboxylic acids is 1. The molecule has 0 bridgehead atoms. The third-order valence-corrected chi connectivity index (χ3v) is 4.52. The normalized spacial score (nSPS) is 12.4. The van der Waals surface area contributed by atoms with Crippen molar-refractivity contribution in [1.29, 1.82) is 0 Å². The van der Waals surface area contributed by atoms with Gasteiger partial charge >= 0.3 is 18.3 Å². The molecule has 0 aliphatic rings. The minimum atomic E-state index is -5.08. The van der Waals surface area contributed by atoms with Crippen LogP contribution in [0.15, 0.2) is 54.9 Å². The van der Waals surface area contributed by atoms with Crippen LogP contribution in [0, 0.1) is 12.7 Å². The molecule has 13 heteroatoms. The summed E-state index contributed by atoms with van der Waals surface area (Å²) in [6.07, 6.45) is -9.39. The fraction of sp³-hybridized carbons (Fsp3) is 0.227. The van der Waals surface area contributed by atoms with Gasteiger partial charge in [-0.2, -0.15) is 26.3 Å². The minimum absolute atomic E-state index is 0.169. The first kappa shape index (κ1) is 27.5. The third kappa shape index (κ3) is 7.64. The third-order valence-electron chi connectivity index (χ3n) is 4.52. The van der Waals surface area contributed by atoms with Crippen molar-refractivity contribution in [2.24, 2.45) is 0 Å². The molecule has 0 unspecified atom stereocenters. The van der Waals surface area contributed by atoms with Gasteiger partial charge < -0.3 is 15.5 Å². The van der Waals surface area contributed by atoms with E-state index in [1.54, 1.807) is 19.1 Å². The van der Waals surface area contributed by atoms with Crippen molar-refractivity contribution < 1.29 is 45.7 Å². The number of nitrogens with one attached hydrogen (secondary N) is 1. The predicted molar refractivity (Wildman–Crippen MR) is 111 cm³/mol. The van der Waals surface area contributed by atoms with Gasteiger partial charge in [-0.1, -0.05) is 36.4 Å². The molecular weight excluding hydrogens is 487 g/mol. The van der Waals surface area contributed by atoms with Crippen molar-refractivity contribution in [3.8, 4) is 11.3 Å². The van der Waals surface area contributed by atoms with Crippen LogP contribution >= 0.6 is 0 Å². The van der Waals surface area contributed by atoms with E-state index in [1.807, 2.05) is 18.2 Å². The summed E-state index contributed by atoms with van der Waals surface area (Å²) in [5.74, 6) is -3.72. The van der Waals surface area contributed by atoms with Crippen LogP contribution in [0.2, 0.25) is 0 Å². The van der Waals surface area contributed by atoms with Crippen molar-refractivity contribution >= 4 is 11.8 Å². The van der Waals surface area contributed by atoms with E-state index in [4.69, 9.17) is 9.90 Å². The van der Waals surface area contributed by atoms with Crippen LogP contribution in [0.4, 0.5) is 36.6 Å². The van der Waals surface area contributed by atoms with Gasteiger partial charge in [-0.15, -0.1) is 0 Å². The van der Waals surface area contributed by atoms with Gasteiger partial charge in [0.25, 0.3) is 0 Å². The second-order valence-corrected chi connectivity index (χ2v) is 7.00. The molecule has 0 saturated heterocycles. The van der Waals surface area contributed by atoms with E-state index in [-0.39, 0.29) is 12.1 Å². The van der Waals surface area contributed by atoms with Crippen LogP contribution in [-0.4, -0.2) is 38.9 Å². The second kappa shape index (κ2) is 11.1. The van der Waals surface area contributed by atoms with Gasteiger partial charge in [-0.05, 0) is 24.6 Å². The number of benzene rings is 2. The number of hydrogen-bond donors (Lipinski definition) is 3. The Bertz CT molecular complexity index is 1150. The van der Waals surface area contributed by atoms with Crippen molar-refractivity contribution in [3.63, 3.8) is 0 Å². The van der Waals surface area contributed by atoms with E-state index in [0.717, 1.165) is 11.6 Å². The van der Waals surface area contributed by atoms with Gasteiger partial charge in [0.15, 0.2) is 0 Å². The average Bonchev–Trinajstić information content (AvgIpc) is 2.77. The number of carboxylic acid groups (broad SMARTS) is 1. The Balaban J connectivity index is 0.000000540. The van der Waals surface area contributed by atoms with E-state index < -0.39 is 35.8 Å². The molecule has 188 valence electrons. The average molecular weight is 505 g/mol. The van der Waals surface area contributed by atoms with Crippen molar-refractivity contribution in [3.05, 3.63) is 77.4 Å². The number of nitrogens with zero attached hydrogens (tertiary/aromatic N) is 2. The Morgan fingerprint density at radius 3 is 2.14 bits per heavy atom. The number of aliphatic hydroxyl groups excluding tert-OH is 1. The summed E-state index contributed by atoms with van der Waals surface area (Å²) >= 11 is 0. The van der Waals surface area contributed by atoms with Gasteiger partial charge in [0.2, 0.25) is 0 Å². The molecule has 3 aromatic rings. The first-order valence-corrected chi connectivity index (χ1v) is 9.67. The summed E-state index contributed by atoms with van der Waals surface area (Å²) in [7, 11) is 0. The highest BCUT2D eigenvalue weighted by molar-refractivity contribution is 5.73. The van der Waals surface area contributed by atoms with E-state index in [9.17, 15) is 35.8 Å². The Morgan fingerprint density at radius 1 is 1.03 bits per heavy atom. The van der Waals surface area contributed by atoms with Crippen LogP contribution in [-0.2, 0) is 11.0 Å². The topological polar surface area (TPSA) is 95.3 Å². The largest absolute Gasteiger partial charge is 0.490 e. The van der Waals surface area contributed by atoms with Crippen molar-refractivity contribution in [1.82, 2.24) is 9.97 Å². The first-order valence-electron chi connectivity index (χ1n) is 9.67. The maximum absolute atomic E-state index is 13.9. The molecule has 6 nitrogen and oxygen atoms in total. The highest BCUT2D eigenvalue weighted by Gasteiger charge is 2.38. The van der Waals surface area contributed by atoms with Gasteiger partial charge in [0.1, 0.15) is 18.0 Å². The van der Waals surface area contributed by atoms with Gasteiger partial charge in [0.05, 0.1) is 17.4 Å².